The molecule has 1 saturated carbocycles. The number of hydrogen-bond acceptors (Lipinski definition) is 2. The van der Waals surface area contributed by atoms with E-state index in [0.29, 0.717) is 6.42 Å². The smallest absolute Gasteiger partial charge is 0.391 e. The number of halogens is 3. The fraction of sp³-hybridized carbons (Fsp3) is 1.00. The van der Waals surface area contributed by atoms with Crippen LogP contribution in [-0.2, 0) is 0 Å². The molecule has 0 aromatic heterocycles. The van der Waals surface area contributed by atoms with Gasteiger partial charge in [0, 0.05) is 12.1 Å². The SMILES string of the molecule is CC(C)C(CO)NC1CCCC(C(F)(F)F)C1. The topological polar surface area (TPSA) is 32.3 Å². The van der Waals surface area contributed by atoms with Crippen LogP contribution in [0.4, 0.5) is 13.2 Å². The van der Waals surface area contributed by atoms with Crippen LogP contribution in [0.25, 0.3) is 0 Å². The summed E-state index contributed by atoms with van der Waals surface area (Å²) in [6.07, 6.45) is -2.30. The average Bonchev–Trinajstić information content (AvgIpc) is 2.24. The monoisotopic (exact) mass is 253 g/mol. The molecule has 0 amide bonds. The number of aliphatic hydroxyl groups excluding tert-OH is 1. The molecule has 1 fully saturated rings. The van der Waals surface area contributed by atoms with Crippen molar-refractivity contribution in [3.05, 3.63) is 0 Å². The Morgan fingerprint density at radius 3 is 2.41 bits per heavy atom. The Morgan fingerprint density at radius 2 is 1.94 bits per heavy atom. The maximum absolute atomic E-state index is 12.6. The molecular weight excluding hydrogens is 231 g/mol. The Labute approximate surface area is 101 Å². The van der Waals surface area contributed by atoms with Crippen LogP contribution in [0.2, 0.25) is 0 Å². The zero-order chi connectivity index (χ0) is 13.1. The molecule has 1 aliphatic carbocycles. The summed E-state index contributed by atoms with van der Waals surface area (Å²) in [5.41, 5.74) is 0. The Kier molecular flexibility index (Phi) is 5.25. The first-order valence-corrected chi connectivity index (χ1v) is 6.28. The van der Waals surface area contributed by atoms with Crippen molar-refractivity contribution in [2.24, 2.45) is 11.8 Å². The van der Waals surface area contributed by atoms with Crippen molar-refractivity contribution in [3.8, 4) is 0 Å². The second-order valence-corrected chi connectivity index (χ2v) is 5.30. The molecule has 17 heavy (non-hydrogen) atoms. The Morgan fingerprint density at radius 1 is 1.29 bits per heavy atom. The van der Waals surface area contributed by atoms with Gasteiger partial charge < -0.3 is 10.4 Å². The lowest BCUT2D eigenvalue weighted by Crippen LogP contribution is -2.47. The van der Waals surface area contributed by atoms with Crippen molar-refractivity contribution < 1.29 is 18.3 Å². The molecule has 5 heteroatoms. The predicted molar refractivity (Wildman–Crippen MR) is 60.6 cm³/mol. The minimum atomic E-state index is -4.08. The number of hydrogen-bond donors (Lipinski definition) is 2. The third-order valence-corrected chi connectivity index (χ3v) is 3.59. The maximum Gasteiger partial charge on any atom is 0.391 e. The van der Waals surface area contributed by atoms with Crippen LogP contribution in [0.5, 0.6) is 0 Å². The Balaban J connectivity index is 2.49. The highest BCUT2D eigenvalue weighted by molar-refractivity contribution is 4.84. The third kappa shape index (κ3) is 4.47. The molecule has 2 N–H and O–H groups in total. The van der Waals surface area contributed by atoms with E-state index >= 15 is 0 Å². The summed E-state index contributed by atoms with van der Waals surface area (Å²) in [5, 5.41) is 12.3. The summed E-state index contributed by atoms with van der Waals surface area (Å²) in [6, 6.07) is -0.220. The van der Waals surface area contributed by atoms with E-state index in [4.69, 9.17) is 5.11 Å². The highest BCUT2D eigenvalue weighted by Crippen LogP contribution is 2.37. The molecule has 3 atom stereocenters. The summed E-state index contributed by atoms with van der Waals surface area (Å²) < 4.78 is 37.8. The van der Waals surface area contributed by atoms with Gasteiger partial charge in [-0.3, -0.25) is 0 Å². The molecule has 0 heterocycles. The Bertz CT molecular complexity index is 228. The number of nitrogens with one attached hydrogen (secondary N) is 1. The number of aliphatic hydroxyl groups is 1. The first-order chi connectivity index (χ1) is 7.84. The number of rotatable bonds is 4. The van der Waals surface area contributed by atoms with Crippen LogP contribution in [0.3, 0.4) is 0 Å². The van der Waals surface area contributed by atoms with Crippen LogP contribution in [0.15, 0.2) is 0 Å². The highest BCUT2D eigenvalue weighted by atomic mass is 19.4. The van der Waals surface area contributed by atoms with E-state index in [1.807, 2.05) is 13.8 Å². The van der Waals surface area contributed by atoms with Gasteiger partial charge in [0.25, 0.3) is 0 Å². The van der Waals surface area contributed by atoms with Gasteiger partial charge in [-0.15, -0.1) is 0 Å². The molecule has 0 saturated heterocycles. The van der Waals surface area contributed by atoms with E-state index in [1.165, 1.54) is 0 Å². The van der Waals surface area contributed by atoms with Crippen molar-refractivity contribution in [2.45, 2.75) is 57.8 Å². The van der Waals surface area contributed by atoms with E-state index in [0.717, 1.165) is 6.42 Å². The van der Waals surface area contributed by atoms with Crippen LogP contribution in [0.1, 0.15) is 39.5 Å². The standard InChI is InChI=1S/C12H22F3NO/c1-8(2)11(7-17)16-10-5-3-4-9(6-10)12(13,14)15/h8-11,16-17H,3-7H2,1-2H3. The van der Waals surface area contributed by atoms with Gasteiger partial charge in [0.15, 0.2) is 0 Å². The molecule has 3 unspecified atom stereocenters. The molecule has 0 aromatic carbocycles. The third-order valence-electron chi connectivity index (χ3n) is 3.59. The van der Waals surface area contributed by atoms with Gasteiger partial charge in [0.05, 0.1) is 12.5 Å². The van der Waals surface area contributed by atoms with E-state index in [1.54, 1.807) is 0 Å². The van der Waals surface area contributed by atoms with Gasteiger partial charge in [-0.2, -0.15) is 13.2 Å². The van der Waals surface area contributed by atoms with Gasteiger partial charge in [0.1, 0.15) is 0 Å². The first kappa shape index (κ1) is 14.8. The molecule has 102 valence electrons. The van der Waals surface area contributed by atoms with Crippen LogP contribution in [-0.4, -0.2) is 30.0 Å². The first-order valence-electron chi connectivity index (χ1n) is 6.28. The van der Waals surface area contributed by atoms with E-state index in [2.05, 4.69) is 5.32 Å². The Hall–Kier alpha value is -0.290. The zero-order valence-electron chi connectivity index (χ0n) is 10.4. The molecule has 1 rings (SSSR count). The minimum absolute atomic E-state index is 0.0230. The molecule has 1 aliphatic rings. The van der Waals surface area contributed by atoms with E-state index < -0.39 is 12.1 Å². The average molecular weight is 253 g/mol. The maximum atomic E-state index is 12.6. The van der Waals surface area contributed by atoms with Gasteiger partial charge in [0.2, 0.25) is 0 Å². The van der Waals surface area contributed by atoms with Crippen LogP contribution >= 0.6 is 0 Å². The lowest BCUT2D eigenvalue weighted by Gasteiger charge is -2.34. The molecule has 0 aromatic rings. The highest BCUT2D eigenvalue weighted by Gasteiger charge is 2.42. The minimum Gasteiger partial charge on any atom is -0.395 e. The second-order valence-electron chi connectivity index (χ2n) is 5.30. The van der Waals surface area contributed by atoms with Gasteiger partial charge in [-0.25, -0.2) is 0 Å². The fourth-order valence-corrected chi connectivity index (χ4v) is 2.40. The van der Waals surface area contributed by atoms with E-state index in [-0.39, 0.29) is 37.5 Å². The van der Waals surface area contributed by atoms with Crippen molar-refractivity contribution in [1.82, 2.24) is 5.32 Å². The second kappa shape index (κ2) is 6.05. The lowest BCUT2D eigenvalue weighted by molar-refractivity contribution is -0.184. The zero-order valence-corrected chi connectivity index (χ0v) is 10.4. The summed E-state index contributed by atoms with van der Waals surface area (Å²) in [7, 11) is 0. The van der Waals surface area contributed by atoms with Crippen LogP contribution in [0, 0.1) is 11.8 Å². The van der Waals surface area contributed by atoms with E-state index in [9.17, 15) is 13.2 Å². The molecule has 0 radical (unpaired) electrons. The van der Waals surface area contributed by atoms with Crippen molar-refractivity contribution >= 4 is 0 Å². The normalized spacial score (nSPS) is 28.4. The van der Waals surface area contributed by atoms with Gasteiger partial charge in [-0.1, -0.05) is 20.3 Å². The molecule has 0 bridgehead atoms. The summed E-state index contributed by atoms with van der Waals surface area (Å²) in [6.45, 7) is 3.89. The molecular formula is C12H22F3NO. The molecule has 0 aliphatic heterocycles. The summed E-state index contributed by atoms with van der Waals surface area (Å²) in [5.74, 6) is -0.952. The van der Waals surface area contributed by atoms with Crippen molar-refractivity contribution in [1.29, 1.82) is 0 Å². The fourth-order valence-electron chi connectivity index (χ4n) is 2.40. The predicted octanol–water partition coefficient (Wildman–Crippen LogP) is 2.71. The largest absolute Gasteiger partial charge is 0.395 e. The van der Waals surface area contributed by atoms with Crippen molar-refractivity contribution in [2.75, 3.05) is 6.61 Å². The number of alkyl halides is 3. The summed E-state index contributed by atoms with van der Waals surface area (Å²) in [4.78, 5) is 0. The lowest BCUT2D eigenvalue weighted by atomic mass is 9.84. The molecule has 0 spiro atoms. The van der Waals surface area contributed by atoms with Gasteiger partial charge >= 0.3 is 6.18 Å². The quantitative estimate of drug-likeness (QED) is 0.807. The summed E-state index contributed by atoms with van der Waals surface area (Å²) >= 11 is 0. The molecule has 2 nitrogen and oxygen atoms in total. The van der Waals surface area contributed by atoms with Crippen molar-refractivity contribution in [3.63, 3.8) is 0 Å². The van der Waals surface area contributed by atoms with Gasteiger partial charge in [-0.05, 0) is 25.2 Å². The van der Waals surface area contributed by atoms with Crippen LogP contribution < -0.4 is 5.32 Å².